The van der Waals surface area contributed by atoms with Crippen LogP contribution in [0.2, 0.25) is 0 Å². The fourth-order valence-electron chi connectivity index (χ4n) is 1.93. The van der Waals surface area contributed by atoms with E-state index in [1.165, 1.54) is 11.5 Å². The summed E-state index contributed by atoms with van der Waals surface area (Å²) in [5, 5.41) is 6.77. The van der Waals surface area contributed by atoms with E-state index in [2.05, 4.69) is 40.8 Å². The lowest BCUT2D eigenvalue weighted by Crippen LogP contribution is -2.18. The molecule has 0 aliphatic rings. The largest absolute Gasteiger partial charge is 0.360 e. The van der Waals surface area contributed by atoms with Crippen LogP contribution in [0.3, 0.4) is 0 Å². The molecule has 1 amide bonds. The van der Waals surface area contributed by atoms with Gasteiger partial charge in [0.25, 0.3) is 5.91 Å². The van der Waals surface area contributed by atoms with E-state index in [-0.39, 0.29) is 11.3 Å². The lowest BCUT2D eigenvalue weighted by molar-refractivity contribution is 0.0963. The Morgan fingerprint density at radius 1 is 1.32 bits per heavy atom. The molecule has 0 radical (unpaired) electrons. The van der Waals surface area contributed by atoms with Crippen molar-refractivity contribution in [1.82, 2.24) is 14.7 Å². The van der Waals surface area contributed by atoms with Gasteiger partial charge in [-0.1, -0.05) is 32.9 Å². The molecule has 6 heteroatoms. The van der Waals surface area contributed by atoms with Crippen LogP contribution in [0.1, 0.15) is 42.5 Å². The van der Waals surface area contributed by atoms with Crippen LogP contribution in [-0.2, 0) is 11.8 Å². The first kappa shape index (κ1) is 16.4. The highest BCUT2D eigenvalue weighted by molar-refractivity contribution is 7.09. The molecule has 0 saturated heterocycles. The van der Waals surface area contributed by atoms with Crippen LogP contribution in [0.4, 0.5) is 5.13 Å². The highest BCUT2D eigenvalue weighted by Gasteiger charge is 2.19. The maximum atomic E-state index is 11.6. The summed E-state index contributed by atoms with van der Waals surface area (Å²) >= 11 is 1.39. The normalized spacial score (nSPS) is 11.3. The summed E-state index contributed by atoms with van der Waals surface area (Å²) in [6, 6.07) is 7.66. The van der Waals surface area contributed by atoms with Gasteiger partial charge in [0.15, 0.2) is 0 Å². The van der Waals surface area contributed by atoms with Crippen LogP contribution in [0.15, 0.2) is 24.3 Å². The fourth-order valence-corrected chi connectivity index (χ4v) is 2.71. The molecule has 0 fully saturated rings. The van der Waals surface area contributed by atoms with Crippen LogP contribution >= 0.6 is 11.5 Å². The van der Waals surface area contributed by atoms with Gasteiger partial charge in [-0.15, -0.1) is 0 Å². The molecule has 0 unspecified atom stereocenters. The molecule has 0 aliphatic carbocycles. The zero-order chi connectivity index (χ0) is 16.2. The number of rotatable bonds is 5. The summed E-state index contributed by atoms with van der Waals surface area (Å²) in [6.07, 6.45) is 0.829. The maximum Gasteiger partial charge on any atom is 0.251 e. The Hall–Kier alpha value is -1.95. The molecule has 118 valence electrons. The summed E-state index contributed by atoms with van der Waals surface area (Å²) in [6.45, 7) is 7.06. The molecule has 0 bridgehead atoms. The third kappa shape index (κ3) is 4.27. The number of nitrogens with one attached hydrogen (secondary N) is 2. The summed E-state index contributed by atoms with van der Waals surface area (Å²) in [5.41, 5.74) is 1.78. The molecule has 5 nitrogen and oxygen atoms in total. The van der Waals surface area contributed by atoms with E-state index in [4.69, 9.17) is 0 Å². The van der Waals surface area contributed by atoms with Crippen LogP contribution in [-0.4, -0.2) is 28.9 Å². The second kappa shape index (κ2) is 6.87. The first-order valence-corrected chi connectivity index (χ1v) is 8.06. The highest BCUT2D eigenvalue weighted by atomic mass is 32.1. The van der Waals surface area contributed by atoms with Gasteiger partial charge in [0.1, 0.15) is 5.82 Å². The Morgan fingerprint density at radius 2 is 2.09 bits per heavy atom. The monoisotopic (exact) mass is 318 g/mol. The van der Waals surface area contributed by atoms with Crippen molar-refractivity contribution in [3.8, 4) is 0 Å². The Balaban J connectivity index is 1.91. The van der Waals surface area contributed by atoms with Gasteiger partial charge >= 0.3 is 0 Å². The minimum atomic E-state index is -0.0613. The molecule has 2 rings (SSSR count). The number of amides is 1. The molecule has 22 heavy (non-hydrogen) atoms. The topological polar surface area (TPSA) is 66.9 Å². The van der Waals surface area contributed by atoms with E-state index in [1.807, 2.05) is 24.3 Å². The van der Waals surface area contributed by atoms with Crippen LogP contribution in [0.25, 0.3) is 0 Å². The second-order valence-electron chi connectivity index (χ2n) is 6.13. The van der Waals surface area contributed by atoms with Gasteiger partial charge in [0, 0.05) is 36.1 Å². The van der Waals surface area contributed by atoms with Crippen molar-refractivity contribution < 1.29 is 4.79 Å². The van der Waals surface area contributed by atoms with E-state index in [0.717, 1.165) is 29.5 Å². The lowest BCUT2D eigenvalue weighted by atomic mass is 9.96. The van der Waals surface area contributed by atoms with Crippen LogP contribution in [0, 0.1) is 0 Å². The Kier molecular flexibility index (Phi) is 5.13. The number of hydrogen-bond donors (Lipinski definition) is 2. The second-order valence-corrected chi connectivity index (χ2v) is 6.88. The number of benzene rings is 1. The van der Waals surface area contributed by atoms with Crippen molar-refractivity contribution in [2.24, 2.45) is 0 Å². The third-order valence-electron chi connectivity index (χ3n) is 3.20. The van der Waals surface area contributed by atoms with Gasteiger partial charge in [-0.05, 0) is 24.1 Å². The Bertz CT molecular complexity index is 646. The molecule has 1 heterocycles. The minimum absolute atomic E-state index is 0.0295. The number of anilines is 1. The summed E-state index contributed by atoms with van der Waals surface area (Å²) < 4.78 is 4.38. The third-order valence-corrected chi connectivity index (χ3v) is 3.88. The van der Waals surface area contributed by atoms with E-state index >= 15 is 0 Å². The van der Waals surface area contributed by atoms with Gasteiger partial charge in [-0.2, -0.15) is 4.37 Å². The first-order chi connectivity index (χ1) is 10.4. The van der Waals surface area contributed by atoms with Crippen molar-refractivity contribution in [2.45, 2.75) is 32.6 Å². The summed E-state index contributed by atoms with van der Waals surface area (Å²) in [5.74, 6) is 0.801. The van der Waals surface area contributed by atoms with E-state index < -0.39 is 0 Å². The van der Waals surface area contributed by atoms with E-state index in [0.29, 0.717) is 5.56 Å². The van der Waals surface area contributed by atoms with Crippen molar-refractivity contribution >= 4 is 22.6 Å². The van der Waals surface area contributed by atoms with Crippen LogP contribution in [0.5, 0.6) is 0 Å². The van der Waals surface area contributed by atoms with Crippen molar-refractivity contribution in [1.29, 1.82) is 0 Å². The number of aromatic nitrogens is 2. The zero-order valence-corrected chi connectivity index (χ0v) is 14.3. The number of carbonyl (C=O) groups excluding carboxylic acids is 1. The SMILES string of the molecule is CNC(=O)c1cccc(CCNc2nc(C(C)(C)C)ns2)c1. The fraction of sp³-hybridized carbons (Fsp3) is 0.438. The smallest absolute Gasteiger partial charge is 0.251 e. The van der Waals surface area contributed by atoms with Crippen molar-refractivity contribution in [3.63, 3.8) is 0 Å². The highest BCUT2D eigenvalue weighted by Crippen LogP contribution is 2.22. The predicted molar refractivity (Wildman–Crippen MR) is 90.6 cm³/mol. The zero-order valence-electron chi connectivity index (χ0n) is 13.4. The van der Waals surface area contributed by atoms with Gasteiger partial charge in [0.05, 0.1) is 0 Å². The van der Waals surface area contributed by atoms with Crippen molar-refractivity contribution in [3.05, 3.63) is 41.2 Å². The standard InChI is InChI=1S/C16H22N4OS/c1-16(2,3)14-19-15(22-20-14)18-9-8-11-6-5-7-12(10-11)13(21)17-4/h5-7,10H,8-9H2,1-4H3,(H,17,21)(H,18,19,20). The minimum Gasteiger partial charge on any atom is -0.360 e. The van der Waals surface area contributed by atoms with Crippen LogP contribution < -0.4 is 10.6 Å². The number of nitrogens with zero attached hydrogens (tertiary/aromatic N) is 2. The summed E-state index contributed by atoms with van der Waals surface area (Å²) in [7, 11) is 1.64. The molecular formula is C16H22N4OS. The Labute approximate surface area is 135 Å². The molecule has 0 atom stereocenters. The number of carbonyl (C=O) groups is 1. The maximum absolute atomic E-state index is 11.6. The van der Waals surface area contributed by atoms with Gasteiger partial charge in [-0.3, -0.25) is 4.79 Å². The van der Waals surface area contributed by atoms with Crippen molar-refractivity contribution in [2.75, 3.05) is 18.9 Å². The van der Waals surface area contributed by atoms with Gasteiger partial charge in [0.2, 0.25) is 5.13 Å². The van der Waals surface area contributed by atoms with E-state index in [1.54, 1.807) is 7.05 Å². The summed E-state index contributed by atoms with van der Waals surface area (Å²) in [4.78, 5) is 16.1. The molecule has 2 N–H and O–H groups in total. The average Bonchev–Trinajstić information content (AvgIpc) is 2.96. The molecule has 0 aliphatic heterocycles. The average molecular weight is 318 g/mol. The van der Waals surface area contributed by atoms with E-state index in [9.17, 15) is 4.79 Å². The number of hydrogen-bond acceptors (Lipinski definition) is 5. The predicted octanol–water partition coefficient (Wildman–Crippen LogP) is 2.85. The first-order valence-electron chi connectivity index (χ1n) is 7.29. The molecule has 1 aromatic heterocycles. The molecule has 2 aromatic rings. The van der Waals surface area contributed by atoms with Gasteiger partial charge < -0.3 is 10.6 Å². The molecule has 1 aromatic carbocycles. The van der Waals surface area contributed by atoms with Gasteiger partial charge in [-0.25, -0.2) is 4.98 Å². The molecule has 0 saturated carbocycles. The lowest BCUT2D eigenvalue weighted by Gasteiger charge is -2.12. The molecular weight excluding hydrogens is 296 g/mol. The quantitative estimate of drug-likeness (QED) is 0.889. The molecule has 0 spiro atoms. The Morgan fingerprint density at radius 3 is 2.73 bits per heavy atom.